The van der Waals surface area contributed by atoms with Crippen molar-refractivity contribution in [3.63, 3.8) is 0 Å². The molecule has 0 aromatic heterocycles. The molecule has 3 aromatic carbocycles. The smallest absolute Gasteiger partial charge is 0.315 e. The van der Waals surface area contributed by atoms with E-state index < -0.39 is 22.4 Å². The van der Waals surface area contributed by atoms with Crippen molar-refractivity contribution in [3.05, 3.63) is 99.2 Å². The zero-order valence-corrected chi connectivity index (χ0v) is 19.2. The van der Waals surface area contributed by atoms with E-state index in [-0.39, 0.29) is 24.1 Å². The molecule has 0 amide bonds. The van der Waals surface area contributed by atoms with Crippen molar-refractivity contribution in [3.8, 4) is 11.5 Å². The molecule has 2 unspecified atom stereocenters. The average molecular weight is 472 g/mol. The van der Waals surface area contributed by atoms with E-state index in [1.165, 1.54) is 6.07 Å². The number of rotatable bonds is 5. The van der Waals surface area contributed by atoms with Gasteiger partial charge in [-0.25, -0.2) is 0 Å². The number of ketones is 1. The lowest BCUT2D eigenvalue weighted by Gasteiger charge is -2.30. The number of nitro benzene ring substituents is 1. The Hall–Kier alpha value is -4.33. The molecule has 0 saturated heterocycles. The van der Waals surface area contributed by atoms with Crippen LogP contribution in [0.2, 0.25) is 0 Å². The lowest BCUT2D eigenvalue weighted by molar-refractivity contribution is -0.386. The number of nitrogens with one attached hydrogen (secondary N) is 2. The zero-order valence-electron chi connectivity index (χ0n) is 19.2. The van der Waals surface area contributed by atoms with Gasteiger partial charge in [0, 0.05) is 23.8 Å². The minimum atomic E-state index is -0.663. The van der Waals surface area contributed by atoms with Gasteiger partial charge in [0.05, 0.1) is 28.9 Å². The standard InChI is InChI=1S/C27H25N3O5/c1-2-35-24-15-18(13-22(27(24)32)30(33)34)26-25-21(28-19-10-6-7-11-20(19)29-26)12-17(14-23(25)31)16-8-4-3-5-9-16/h3-11,13,15,17,26,28-29,32H,2,12,14H2,1H3. The van der Waals surface area contributed by atoms with Crippen molar-refractivity contribution < 1.29 is 19.6 Å². The Balaban J connectivity index is 1.66. The molecule has 0 spiro atoms. The molecule has 1 aliphatic heterocycles. The van der Waals surface area contributed by atoms with Crippen LogP contribution in [0, 0.1) is 10.1 Å². The van der Waals surface area contributed by atoms with Gasteiger partial charge in [0.25, 0.3) is 0 Å². The van der Waals surface area contributed by atoms with Gasteiger partial charge < -0.3 is 20.5 Å². The Morgan fingerprint density at radius 3 is 2.46 bits per heavy atom. The number of carbonyl (C=O) groups is 1. The molecule has 0 radical (unpaired) electrons. The quantitative estimate of drug-likeness (QED) is 0.324. The number of hydrogen-bond acceptors (Lipinski definition) is 7. The normalized spacial score (nSPS) is 19.1. The predicted octanol–water partition coefficient (Wildman–Crippen LogP) is 5.68. The highest BCUT2D eigenvalue weighted by Gasteiger charge is 2.37. The van der Waals surface area contributed by atoms with Crippen molar-refractivity contribution >= 4 is 22.8 Å². The molecule has 1 aliphatic carbocycles. The molecule has 0 saturated carbocycles. The van der Waals surface area contributed by atoms with Crippen molar-refractivity contribution in [2.75, 3.05) is 17.2 Å². The van der Waals surface area contributed by atoms with E-state index in [0.717, 1.165) is 22.6 Å². The highest BCUT2D eigenvalue weighted by molar-refractivity contribution is 6.01. The maximum Gasteiger partial charge on any atom is 0.315 e. The van der Waals surface area contributed by atoms with E-state index in [4.69, 9.17) is 4.74 Å². The van der Waals surface area contributed by atoms with Gasteiger partial charge in [0.1, 0.15) is 0 Å². The zero-order chi connectivity index (χ0) is 24.5. The maximum absolute atomic E-state index is 13.6. The van der Waals surface area contributed by atoms with Crippen molar-refractivity contribution in [2.24, 2.45) is 0 Å². The minimum absolute atomic E-state index is 0.0107. The van der Waals surface area contributed by atoms with Crippen molar-refractivity contribution in [2.45, 2.75) is 31.7 Å². The number of benzene rings is 3. The van der Waals surface area contributed by atoms with Gasteiger partial charge in [-0.1, -0.05) is 42.5 Å². The summed E-state index contributed by atoms with van der Waals surface area (Å²) in [5.74, 6) is -0.529. The number of nitrogens with zero attached hydrogens (tertiary/aromatic N) is 1. The molecular formula is C27H25N3O5. The Morgan fingerprint density at radius 1 is 1.03 bits per heavy atom. The fraction of sp³-hybridized carbons (Fsp3) is 0.222. The lowest BCUT2D eigenvalue weighted by Crippen LogP contribution is -2.27. The second-order valence-electron chi connectivity index (χ2n) is 8.66. The number of phenolic OH excluding ortho intramolecular Hbond substituents is 1. The van der Waals surface area contributed by atoms with Crippen LogP contribution in [-0.2, 0) is 4.79 Å². The van der Waals surface area contributed by atoms with Crippen LogP contribution in [0.4, 0.5) is 17.1 Å². The summed E-state index contributed by atoms with van der Waals surface area (Å²) in [6.07, 6.45) is 0.952. The lowest BCUT2D eigenvalue weighted by atomic mass is 9.78. The molecule has 1 heterocycles. The largest absolute Gasteiger partial charge is 0.500 e. The summed E-state index contributed by atoms with van der Waals surface area (Å²) in [4.78, 5) is 24.7. The minimum Gasteiger partial charge on any atom is -0.500 e. The molecule has 8 heteroatoms. The number of carbonyl (C=O) groups excluding carboxylic acids is 1. The van der Waals surface area contributed by atoms with Crippen LogP contribution < -0.4 is 15.4 Å². The molecule has 8 nitrogen and oxygen atoms in total. The van der Waals surface area contributed by atoms with Gasteiger partial charge in [-0.15, -0.1) is 0 Å². The molecule has 3 aromatic rings. The molecule has 35 heavy (non-hydrogen) atoms. The average Bonchev–Trinajstić information content (AvgIpc) is 3.02. The molecule has 178 valence electrons. The number of Topliss-reactive ketones (excluding diaryl/α,β-unsaturated/α-hetero) is 1. The SMILES string of the molecule is CCOc1cc(C2Nc3ccccc3NC3=C2C(=O)CC(c2ccccc2)C3)cc([N+](=O)[O-])c1O. The third-order valence-electron chi connectivity index (χ3n) is 6.49. The molecular weight excluding hydrogens is 446 g/mol. The van der Waals surface area contributed by atoms with Crippen molar-refractivity contribution in [1.29, 1.82) is 0 Å². The van der Waals surface area contributed by atoms with E-state index in [0.29, 0.717) is 24.0 Å². The van der Waals surface area contributed by atoms with Gasteiger partial charge in [0.15, 0.2) is 11.5 Å². The van der Waals surface area contributed by atoms with Crippen molar-refractivity contribution in [1.82, 2.24) is 0 Å². The molecule has 3 N–H and O–H groups in total. The number of para-hydroxylation sites is 2. The summed E-state index contributed by atoms with van der Waals surface area (Å²) in [6.45, 7) is 1.96. The number of aromatic hydroxyl groups is 1. The summed E-state index contributed by atoms with van der Waals surface area (Å²) in [5, 5.41) is 29.0. The van der Waals surface area contributed by atoms with E-state index >= 15 is 0 Å². The number of anilines is 2. The third-order valence-corrected chi connectivity index (χ3v) is 6.49. The van der Waals surface area contributed by atoms with Crippen LogP contribution in [0.5, 0.6) is 11.5 Å². The van der Waals surface area contributed by atoms with Gasteiger partial charge in [-0.3, -0.25) is 14.9 Å². The second-order valence-corrected chi connectivity index (χ2v) is 8.66. The van der Waals surface area contributed by atoms with Crippen LogP contribution in [0.25, 0.3) is 0 Å². The van der Waals surface area contributed by atoms with Gasteiger partial charge in [-0.05, 0) is 48.6 Å². The maximum atomic E-state index is 13.6. The second kappa shape index (κ2) is 9.13. The molecule has 0 bridgehead atoms. The molecule has 0 fully saturated rings. The Labute approximate surface area is 202 Å². The predicted molar refractivity (Wildman–Crippen MR) is 133 cm³/mol. The first kappa shape index (κ1) is 22.5. The molecule has 5 rings (SSSR count). The van der Waals surface area contributed by atoms with Crippen LogP contribution >= 0.6 is 0 Å². The van der Waals surface area contributed by atoms with Crippen LogP contribution in [0.15, 0.2) is 78.0 Å². The summed E-state index contributed by atoms with van der Waals surface area (Å²) in [7, 11) is 0. The fourth-order valence-corrected chi connectivity index (χ4v) is 4.89. The van der Waals surface area contributed by atoms with Gasteiger partial charge >= 0.3 is 5.69 Å². The fourth-order valence-electron chi connectivity index (χ4n) is 4.89. The Kier molecular flexibility index (Phi) is 5.86. The van der Waals surface area contributed by atoms with Gasteiger partial charge in [-0.2, -0.15) is 0 Å². The van der Waals surface area contributed by atoms with E-state index in [1.54, 1.807) is 13.0 Å². The summed E-state index contributed by atoms with van der Waals surface area (Å²) < 4.78 is 5.50. The van der Waals surface area contributed by atoms with Crippen LogP contribution in [0.3, 0.4) is 0 Å². The highest BCUT2D eigenvalue weighted by Crippen LogP contribution is 2.47. The first-order valence-electron chi connectivity index (χ1n) is 11.5. The third kappa shape index (κ3) is 4.19. The number of nitro groups is 1. The first-order chi connectivity index (χ1) is 17.0. The summed E-state index contributed by atoms with van der Waals surface area (Å²) in [5.41, 5.74) is 4.01. The number of allylic oxidation sites excluding steroid dienone is 1. The van der Waals surface area contributed by atoms with Crippen LogP contribution in [-0.4, -0.2) is 22.4 Å². The molecule has 2 aliphatic rings. The monoisotopic (exact) mass is 471 g/mol. The number of hydrogen-bond donors (Lipinski definition) is 3. The summed E-state index contributed by atoms with van der Waals surface area (Å²) >= 11 is 0. The topological polar surface area (TPSA) is 114 Å². The summed E-state index contributed by atoms with van der Waals surface area (Å²) in [6, 6.07) is 19.8. The number of phenols is 1. The van der Waals surface area contributed by atoms with Gasteiger partial charge in [0.2, 0.25) is 5.75 Å². The number of fused-ring (bicyclic) bond motifs is 1. The Bertz CT molecular complexity index is 1340. The van der Waals surface area contributed by atoms with E-state index in [1.807, 2.05) is 54.6 Å². The number of ether oxygens (including phenoxy) is 1. The van der Waals surface area contributed by atoms with E-state index in [9.17, 15) is 20.0 Å². The first-order valence-corrected chi connectivity index (χ1v) is 11.5. The highest BCUT2D eigenvalue weighted by atomic mass is 16.6. The Morgan fingerprint density at radius 2 is 1.74 bits per heavy atom. The molecule has 2 atom stereocenters. The van der Waals surface area contributed by atoms with Crippen LogP contribution in [0.1, 0.15) is 42.9 Å². The van der Waals surface area contributed by atoms with E-state index in [2.05, 4.69) is 10.6 Å².